The van der Waals surface area contributed by atoms with E-state index in [-0.39, 0.29) is 17.6 Å². The maximum absolute atomic E-state index is 12.6. The van der Waals surface area contributed by atoms with Crippen LogP contribution in [0.1, 0.15) is 75.3 Å². The summed E-state index contributed by atoms with van der Waals surface area (Å²) >= 11 is 0. The highest BCUT2D eigenvalue weighted by molar-refractivity contribution is 6.07. The zero-order valence-corrected chi connectivity index (χ0v) is 25.3. The van der Waals surface area contributed by atoms with Crippen molar-refractivity contribution in [3.8, 4) is 22.5 Å². The summed E-state index contributed by atoms with van der Waals surface area (Å²) in [4.78, 5) is 49.7. The Morgan fingerprint density at radius 2 is 1.30 bits per heavy atom. The fourth-order valence-electron chi connectivity index (χ4n) is 7.90. The highest BCUT2D eigenvalue weighted by Gasteiger charge is 2.48. The van der Waals surface area contributed by atoms with Crippen molar-refractivity contribution < 1.29 is 24.4 Å². The number of rotatable bonds is 3. The van der Waals surface area contributed by atoms with Crippen LogP contribution < -0.4 is 10.6 Å². The van der Waals surface area contributed by atoms with E-state index >= 15 is 0 Å². The maximum atomic E-state index is 12.6. The van der Waals surface area contributed by atoms with Crippen LogP contribution in [0.25, 0.3) is 22.5 Å². The molecule has 0 saturated heterocycles. The van der Waals surface area contributed by atoms with Gasteiger partial charge in [-0.05, 0) is 95.8 Å². The molecule has 2 amide bonds. The number of aromatic amines is 1. The van der Waals surface area contributed by atoms with E-state index in [1.165, 1.54) is 29.7 Å². The van der Waals surface area contributed by atoms with Gasteiger partial charge in [-0.3, -0.25) is 14.2 Å². The summed E-state index contributed by atoms with van der Waals surface area (Å²) in [5.41, 5.74) is 6.00. The zero-order chi connectivity index (χ0) is 32.1. The number of nitrogens with zero attached hydrogens (tertiary/aromatic N) is 2. The number of benzene rings is 2. The van der Waals surface area contributed by atoms with Crippen LogP contribution in [0.15, 0.2) is 66.9 Å². The zero-order valence-electron chi connectivity index (χ0n) is 25.3. The summed E-state index contributed by atoms with van der Waals surface area (Å²) in [6.45, 7) is 0. The fourth-order valence-corrected chi connectivity index (χ4v) is 7.90. The molecule has 2 aliphatic carbocycles. The van der Waals surface area contributed by atoms with Gasteiger partial charge in [0.15, 0.2) is 0 Å². The van der Waals surface area contributed by atoms with Crippen LogP contribution in [-0.4, -0.2) is 37.5 Å². The topological polar surface area (TPSA) is 159 Å². The third-order valence-electron chi connectivity index (χ3n) is 10.3. The fraction of sp³-hybridized carbons (Fsp3) is 0.343. The molecule has 0 bridgehead atoms. The molecule has 2 fully saturated rings. The molecule has 2 saturated carbocycles. The second kappa shape index (κ2) is 11.3. The van der Waals surface area contributed by atoms with E-state index in [4.69, 9.17) is 0 Å². The molecule has 11 heteroatoms. The second-order valence-corrected chi connectivity index (χ2v) is 12.8. The third-order valence-corrected chi connectivity index (χ3v) is 10.3. The Morgan fingerprint density at radius 1 is 0.761 bits per heavy atom. The van der Waals surface area contributed by atoms with Gasteiger partial charge in [0.2, 0.25) is 11.8 Å². The monoisotopic (exact) mass is 621 g/mol. The molecule has 8 rings (SSSR count). The van der Waals surface area contributed by atoms with Gasteiger partial charge < -0.3 is 25.9 Å². The van der Waals surface area contributed by atoms with Crippen molar-refractivity contribution in [1.29, 1.82) is 0 Å². The SMILES string of the molecule is O=C(O)n1cccc1-c1ccc2c(c1)C1(CCCCC1)C(=O)N2.O=C1Nc2ccc(-c3ccc([N+](=O)[O-])[nH]3)cc2C12CCCCC2. The number of carbonyl (C=O) groups excluding carboxylic acids is 2. The minimum atomic E-state index is -1.01. The number of hydrogen-bond donors (Lipinski definition) is 4. The molecule has 11 nitrogen and oxygen atoms in total. The molecule has 2 spiro atoms. The first kappa shape index (κ1) is 29.5. The lowest BCUT2D eigenvalue weighted by Crippen LogP contribution is -2.36. The Morgan fingerprint density at radius 3 is 1.83 bits per heavy atom. The van der Waals surface area contributed by atoms with Crippen LogP contribution in [0.2, 0.25) is 0 Å². The van der Waals surface area contributed by atoms with Crippen LogP contribution in [0, 0.1) is 10.1 Å². The first-order chi connectivity index (χ1) is 22.2. The molecule has 4 N–H and O–H groups in total. The number of nitro groups is 1. The molecular formula is C35H35N5O6. The highest BCUT2D eigenvalue weighted by atomic mass is 16.6. The first-order valence-corrected chi connectivity index (χ1v) is 15.9. The van der Waals surface area contributed by atoms with Gasteiger partial charge in [-0.1, -0.05) is 44.6 Å². The van der Waals surface area contributed by atoms with Crippen molar-refractivity contribution in [3.05, 3.63) is 88.1 Å². The molecule has 2 aromatic carbocycles. The van der Waals surface area contributed by atoms with Gasteiger partial charge in [-0.15, -0.1) is 0 Å². The van der Waals surface area contributed by atoms with E-state index in [9.17, 15) is 29.6 Å². The highest BCUT2D eigenvalue weighted by Crippen LogP contribution is 2.49. The number of nitrogens with one attached hydrogen (secondary N) is 3. The number of aromatic nitrogens is 2. The van der Waals surface area contributed by atoms with Crippen LogP contribution in [0.4, 0.5) is 22.0 Å². The number of carbonyl (C=O) groups is 3. The average molecular weight is 622 g/mol. The van der Waals surface area contributed by atoms with E-state index in [0.717, 1.165) is 85.0 Å². The molecule has 4 heterocycles. The molecule has 2 aliphatic heterocycles. The Labute approximate surface area is 265 Å². The van der Waals surface area contributed by atoms with Crippen LogP contribution >= 0.6 is 0 Å². The lowest BCUT2D eigenvalue weighted by Gasteiger charge is -2.31. The van der Waals surface area contributed by atoms with Crippen LogP contribution in [0.3, 0.4) is 0 Å². The van der Waals surface area contributed by atoms with Crippen molar-refractivity contribution in [2.45, 2.75) is 75.0 Å². The largest absolute Gasteiger partial charge is 0.464 e. The molecule has 236 valence electrons. The summed E-state index contributed by atoms with van der Waals surface area (Å²) in [6, 6.07) is 18.2. The molecule has 46 heavy (non-hydrogen) atoms. The Hall–Kier alpha value is -5.19. The van der Waals surface area contributed by atoms with Crippen LogP contribution in [-0.2, 0) is 20.4 Å². The maximum Gasteiger partial charge on any atom is 0.415 e. The van der Waals surface area contributed by atoms with E-state index in [0.29, 0.717) is 11.4 Å². The number of fused-ring (bicyclic) bond motifs is 4. The van der Waals surface area contributed by atoms with Gasteiger partial charge in [0, 0.05) is 29.2 Å². The number of H-pyrrole nitrogens is 1. The molecule has 0 radical (unpaired) electrons. The smallest absolute Gasteiger partial charge is 0.415 e. The summed E-state index contributed by atoms with van der Waals surface area (Å²) in [5, 5.41) is 26.1. The van der Waals surface area contributed by atoms with Crippen molar-refractivity contribution in [2.24, 2.45) is 0 Å². The third kappa shape index (κ3) is 4.77. The molecule has 2 aromatic heterocycles. The molecule has 4 aliphatic rings. The lowest BCUT2D eigenvalue weighted by atomic mass is 9.70. The van der Waals surface area contributed by atoms with E-state index in [2.05, 4.69) is 15.6 Å². The second-order valence-electron chi connectivity index (χ2n) is 12.8. The Balaban J connectivity index is 0.000000147. The summed E-state index contributed by atoms with van der Waals surface area (Å²) in [6.07, 6.45) is 10.6. The normalized spacial score (nSPS) is 18.7. The summed E-state index contributed by atoms with van der Waals surface area (Å²) in [5.74, 6) is 0.168. The van der Waals surface area contributed by atoms with Crippen molar-refractivity contribution in [2.75, 3.05) is 10.6 Å². The predicted molar refractivity (Wildman–Crippen MR) is 173 cm³/mol. The Bertz CT molecular complexity index is 1880. The summed E-state index contributed by atoms with van der Waals surface area (Å²) < 4.78 is 1.21. The Kier molecular flexibility index (Phi) is 7.26. The number of carboxylic acid groups (broad SMARTS) is 1. The quantitative estimate of drug-likeness (QED) is 0.136. The summed E-state index contributed by atoms with van der Waals surface area (Å²) in [7, 11) is 0. The van der Waals surface area contributed by atoms with Gasteiger partial charge >= 0.3 is 11.9 Å². The predicted octanol–water partition coefficient (Wildman–Crippen LogP) is 7.58. The van der Waals surface area contributed by atoms with Gasteiger partial charge in [-0.25, -0.2) is 9.78 Å². The first-order valence-electron chi connectivity index (χ1n) is 15.9. The molecule has 0 atom stereocenters. The standard InChI is InChI=1S/C18H18N2O3.C17H17N3O3/c21-16-18(8-2-1-3-9-18)13-11-12(6-7-14(13)19-16)15-5-4-10-20(15)17(22)23;21-16-17(8-2-1-3-9-17)12-10-11(4-5-14(12)19-16)13-6-7-15(18-13)20(22)23/h4-7,10-11H,1-3,8-9H2,(H,19,21)(H,22,23);4-7,10,18H,1-3,8-9H2,(H,19,21). The van der Waals surface area contributed by atoms with E-state index in [1.54, 1.807) is 18.2 Å². The van der Waals surface area contributed by atoms with Gasteiger partial charge in [0.25, 0.3) is 0 Å². The number of anilines is 2. The van der Waals surface area contributed by atoms with Gasteiger partial charge in [0.1, 0.15) is 5.69 Å². The minimum absolute atomic E-state index is 0.0259. The lowest BCUT2D eigenvalue weighted by molar-refractivity contribution is -0.389. The average Bonchev–Trinajstić information content (AvgIpc) is 3.85. The number of amides is 2. The van der Waals surface area contributed by atoms with Gasteiger partial charge in [-0.2, -0.15) is 0 Å². The van der Waals surface area contributed by atoms with Crippen LogP contribution in [0.5, 0.6) is 0 Å². The minimum Gasteiger partial charge on any atom is -0.464 e. The molecule has 4 aromatic rings. The van der Waals surface area contributed by atoms with E-state index in [1.807, 2.05) is 36.4 Å². The van der Waals surface area contributed by atoms with Crippen molar-refractivity contribution in [1.82, 2.24) is 9.55 Å². The van der Waals surface area contributed by atoms with Gasteiger partial charge in [0.05, 0.1) is 16.5 Å². The number of hydrogen-bond acceptors (Lipinski definition) is 5. The van der Waals surface area contributed by atoms with Crippen molar-refractivity contribution in [3.63, 3.8) is 0 Å². The molecular weight excluding hydrogens is 586 g/mol. The van der Waals surface area contributed by atoms with Crippen molar-refractivity contribution >= 4 is 35.1 Å². The van der Waals surface area contributed by atoms with E-state index < -0.39 is 21.8 Å². The molecule has 0 unspecified atom stereocenters.